The van der Waals surface area contributed by atoms with Gasteiger partial charge < -0.3 is 9.47 Å². The van der Waals surface area contributed by atoms with E-state index in [2.05, 4.69) is 22.0 Å². The van der Waals surface area contributed by atoms with Crippen molar-refractivity contribution in [1.29, 1.82) is 0 Å². The predicted molar refractivity (Wildman–Crippen MR) is 101 cm³/mol. The molecular weight excluding hydrogens is 338 g/mol. The van der Waals surface area contributed by atoms with Crippen molar-refractivity contribution in [1.82, 2.24) is 15.1 Å². The molecule has 25 heavy (non-hydrogen) atoms. The molecule has 136 valence electrons. The Kier molecular flexibility index (Phi) is 5.86. The Morgan fingerprint density at radius 1 is 1.20 bits per heavy atom. The molecule has 3 rings (SSSR count). The number of hydrogen-bond acceptors (Lipinski definition) is 4. The van der Waals surface area contributed by atoms with Gasteiger partial charge in [0.25, 0.3) is 0 Å². The number of rotatable bonds is 7. The third-order valence-electron chi connectivity index (χ3n) is 4.42. The summed E-state index contributed by atoms with van der Waals surface area (Å²) in [5.41, 5.74) is 4.42. The summed E-state index contributed by atoms with van der Waals surface area (Å²) >= 11 is 6.47. The van der Waals surface area contributed by atoms with E-state index in [9.17, 15) is 0 Å². The number of halogens is 1. The molecule has 0 spiro atoms. The van der Waals surface area contributed by atoms with Gasteiger partial charge in [-0.1, -0.05) is 18.5 Å². The van der Waals surface area contributed by atoms with Gasteiger partial charge >= 0.3 is 0 Å². The number of ether oxygens (including phenoxy) is 2. The van der Waals surface area contributed by atoms with Crippen LogP contribution in [0.15, 0.2) is 12.1 Å². The van der Waals surface area contributed by atoms with Crippen molar-refractivity contribution in [3.8, 4) is 22.8 Å². The summed E-state index contributed by atoms with van der Waals surface area (Å²) in [5, 5.41) is 8.34. The normalized spacial score (nSPS) is 14.4. The number of aromatic amines is 1. The van der Waals surface area contributed by atoms with Crippen LogP contribution in [0.5, 0.6) is 11.5 Å². The molecule has 0 unspecified atom stereocenters. The van der Waals surface area contributed by atoms with Crippen molar-refractivity contribution in [2.24, 2.45) is 0 Å². The zero-order valence-electron chi connectivity index (χ0n) is 15.2. The molecule has 0 atom stereocenters. The Labute approximate surface area is 154 Å². The van der Waals surface area contributed by atoms with Crippen molar-refractivity contribution in [2.45, 2.75) is 40.2 Å². The van der Waals surface area contributed by atoms with Crippen molar-refractivity contribution in [2.75, 3.05) is 26.3 Å². The third-order valence-corrected chi connectivity index (χ3v) is 4.70. The lowest BCUT2D eigenvalue weighted by atomic mass is 10.0. The Hall–Kier alpha value is -1.72. The SMILES string of the molecule is CCCN1CCc2[nH]nc(-c3cc(Cl)c(OCC)c(OCC)c3)c2C1. The number of fused-ring (bicyclic) bond motifs is 1. The van der Waals surface area contributed by atoms with E-state index in [-0.39, 0.29) is 0 Å². The molecule has 0 aliphatic carbocycles. The number of nitrogens with one attached hydrogen (secondary N) is 1. The third kappa shape index (κ3) is 3.77. The number of nitrogens with zero attached hydrogens (tertiary/aromatic N) is 2. The monoisotopic (exact) mass is 363 g/mol. The molecule has 1 aromatic heterocycles. The fourth-order valence-electron chi connectivity index (χ4n) is 3.35. The highest BCUT2D eigenvalue weighted by Crippen LogP contribution is 2.40. The summed E-state index contributed by atoms with van der Waals surface area (Å²) in [7, 11) is 0. The van der Waals surface area contributed by atoms with Crippen LogP contribution in [0.3, 0.4) is 0 Å². The second kappa shape index (κ2) is 8.11. The molecule has 0 amide bonds. The van der Waals surface area contributed by atoms with E-state index < -0.39 is 0 Å². The fraction of sp³-hybridized carbons (Fsp3) is 0.526. The first-order chi connectivity index (χ1) is 12.2. The van der Waals surface area contributed by atoms with Crippen LogP contribution in [0.4, 0.5) is 0 Å². The quantitative estimate of drug-likeness (QED) is 0.797. The summed E-state index contributed by atoms with van der Waals surface area (Å²) in [4.78, 5) is 2.47. The van der Waals surface area contributed by atoms with E-state index in [1.54, 1.807) is 0 Å². The van der Waals surface area contributed by atoms with Crippen LogP contribution in [-0.4, -0.2) is 41.4 Å². The van der Waals surface area contributed by atoms with E-state index in [0.29, 0.717) is 29.7 Å². The van der Waals surface area contributed by atoms with E-state index in [1.807, 2.05) is 26.0 Å². The maximum absolute atomic E-state index is 6.47. The van der Waals surface area contributed by atoms with Gasteiger partial charge in [-0.15, -0.1) is 0 Å². The smallest absolute Gasteiger partial charge is 0.179 e. The highest BCUT2D eigenvalue weighted by molar-refractivity contribution is 6.32. The lowest BCUT2D eigenvalue weighted by Gasteiger charge is -2.26. The van der Waals surface area contributed by atoms with E-state index in [1.165, 1.54) is 11.3 Å². The van der Waals surface area contributed by atoms with Crippen LogP contribution in [0.1, 0.15) is 38.4 Å². The predicted octanol–water partition coefficient (Wildman–Crippen LogP) is 4.30. The second-order valence-electron chi connectivity index (χ2n) is 6.21. The molecular formula is C19H26ClN3O2. The van der Waals surface area contributed by atoms with Crippen LogP contribution in [0, 0.1) is 0 Å². The highest BCUT2D eigenvalue weighted by Gasteiger charge is 2.24. The minimum Gasteiger partial charge on any atom is -0.490 e. The van der Waals surface area contributed by atoms with Crippen molar-refractivity contribution >= 4 is 11.6 Å². The molecule has 1 N–H and O–H groups in total. The number of hydrogen-bond donors (Lipinski definition) is 1. The first-order valence-electron chi connectivity index (χ1n) is 9.05. The van der Waals surface area contributed by atoms with Crippen LogP contribution in [0.25, 0.3) is 11.3 Å². The zero-order chi connectivity index (χ0) is 17.8. The molecule has 0 saturated carbocycles. The van der Waals surface area contributed by atoms with Crippen LogP contribution >= 0.6 is 11.6 Å². The first kappa shape index (κ1) is 18.1. The maximum atomic E-state index is 6.47. The molecule has 0 fully saturated rings. The Morgan fingerprint density at radius 3 is 2.72 bits per heavy atom. The molecule has 2 heterocycles. The number of benzene rings is 1. The topological polar surface area (TPSA) is 50.4 Å². The molecule has 0 bridgehead atoms. The summed E-state index contributed by atoms with van der Waals surface area (Å²) in [6.45, 7) is 10.3. The van der Waals surface area contributed by atoms with Crippen LogP contribution in [0.2, 0.25) is 5.02 Å². The summed E-state index contributed by atoms with van der Waals surface area (Å²) < 4.78 is 11.4. The Bertz CT molecular complexity index is 730. The minimum absolute atomic E-state index is 0.545. The molecule has 2 aromatic rings. The van der Waals surface area contributed by atoms with Gasteiger partial charge in [0.05, 0.1) is 23.9 Å². The molecule has 5 nitrogen and oxygen atoms in total. The van der Waals surface area contributed by atoms with E-state index in [0.717, 1.165) is 43.7 Å². The maximum Gasteiger partial charge on any atom is 0.179 e. The molecule has 0 radical (unpaired) electrons. The van der Waals surface area contributed by atoms with Crippen LogP contribution < -0.4 is 9.47 Å². The van der Waals surface area contributed by atoms with Gasteiger partial charge in [-0.3, -0.25) is 10.00 Å². The largest absolute Gasteiger partial charge is 0.490 e. The van der Waals surface area contributed by atoms with Crippen molar-refractivity contribution in [3.05, 3.63) is 28.4 Å². The van der Waals surface area contributed by atoms with Gasteiger partial charge in [0.1, 0.15) is 0 Å². The first-order valence-corrected chi connectivity index (χ1v) is 9.43. The zero-order valence-corrected chi connectivity index (χ0v) is 15.9. The average Bonchev–Trinajstić information content (AvgIpc) is 3.01. The average molecular weight is 364 g/mol. The molecule has 1 aromatic carbocycles. The summed E-state index contributed by atoms with van der Waals surface area (Å²) in [6, 6.07) is 3.90. The lowest BCUT2D eigenvalue weighted by molar-refractivity contribution is 0.254. The van der Waals surface area contributed by atoms with Crippen molar-refractivity contribution in [3.63, 3.8) is 0 Å². The van der Waals surface area contributed by atoms with E-state index in [4.69, 9.17) is 21.1 Å². The second-order valence-corrected chi connectivity index (χ2v) is 6.61. The van der Waals surface area contributed by atoms with Gasteiger partial charge in [0.15, 0.2) is 11.5 Å². The minimum atomic E-state index is 0.545. The number of aromatic nitrogens is 2. The lowest BCUT2D eigenvalue weighted by Crippen LogP contribution is -2.31. The molecule has 1 aliphatic rings. The highest BCUT2D eigenvalue weighted by atomic mass is 35.5. The van der Waals surface area contributed by atoms with Gasteiger partial charge in [-0.2, -0.15) is 5.10 Å². The van der Waals surface area contributed by atoms with Gasteiger partial charge in [0, 0.05) is 36.3 Å². The van der Waals surface area contributed by atoms with Gasteiger partial charge in [0.2, 0.25) is 0 Å². The molecule has 6 heteroatoms. The van der Waals surface area contributed by atoms with E-state index >= 15 is 0 Å². The molecule has 1 aliphatic heterocycles. The van der Waals surface area contributed by atoms with Gasteiger partial charge in [-0.05, 0) is 38.9 Å². The standard InChI is InChI=1S/C19H26ClN3O2/c1-4-8-23-9-7-16-14(12-23)18(22-21-16)13-10-15(20)19(25-6-3)17(11-13)24-5-2/h10-11H,4-9,12H2,1-3H3,(H,21,22). The number of H-pyrrole nitrogens is 1. The fourth-order valence-corrected chi connectivity index (χ4v) is 3.61. The Balaban J connectivity index is 1.99. The van der Waals surface area contributed by atoms with Gasteiger partial charge in [-0.25, -0.2) is 0 Å². The van der Waals surface area contributed by atoms with Crippen molar-refractivity contribution < 1.29 is 9.47 Å². The Morgan fingerprint density at radius 2 is 2.00 bits per heavy atom. The summed E-state index contributed by atoms with van der Waals surface area (Å²) in [6.07, 6.45) is 2.16. The van der Waals surface area contributed by atoms with Crippen LogP contribution in [-0.2, 0) is 13.0 Å². The summed E-state index contributed by atoms with van der Waals surface area (Å²) in [5.74, 6) is 1.27. The molecule has 0 saturated heterocycles.